The minimum Gasteiger partial charge on any atom is -0.317 e. The number of hydrogen-bond acceptors (Lipinski definition) is 1. The van der Waals surface area contributed by atoms with Gasteiger partial charge in [0.05, 0.1) is 0 Å². The summed E-state index contributed by atoms with van der Waals surface area (Å²) in [5.74, 6) is 0.662. The monoisotopic (exact) mass is 191 g/mol. The Labute approximate surface area is 87.5 Å². The molecule has 0 aromatic heterocycles. The molecule has 0 aliphatic heterocycles. The molecule has 78 valence electrons. The molecule has 1 rings (SSSR count). The van der Waals surface area contributed by atoms with Crippen LogP contribution in [0.2, 0.25) is 0 Å². The van der Waals surface area contributed by atoms with Crippen LogP contribution in [0.25, 0.3) is 0 Å². The Morgan fingerprint density at radius 2 is 1.86 bits per heavy atom. The van der Waals surface area contributed by atoms with E-state index in [-0.39, 0.29) is 0 Å². The second kappa shape index (κ2) is 5.82. The van der Waals surface area contributed by atoms with Gasteiger partial charge in [-0.05, 0) is 37.9 Å². The minimum absolute atomic E-state index is 0.662. The SMILES string of the molecule is CCNCCC(C)c1ccc(C)cc1. The summed E-state index contributed by atoms with van der Waals surface area (Å²) in [6, 6.07) is 8.87. The molecule has 0 heterocycles. The van der Waals surface area contributed by atoms with Crippen LogP contribution < -0.4 is 5.32 Å². The van der Waals surface area contributed by atoms with Gasteiger partial charge in [-0.2, -0.15) is 0 Å². The van der Waals surface area contributed by atoms with Gasteiger partial charge < -0.3 is 5.32 Å². The van der Waals surface area contributed by atoms with E-state index in [1.807, 2.05) is 0 Å². The van der Waals surface area contributed by atoms with Crippen molar-refractivity contribution in [3.05, 3.63) is 35.4 Å². The summed E-state index contributed by atoms with van der Waals surface area (Å²) in [7, 11) is 0. The van der Waals surface area contributed by atoms with Gasteiger partial charge in [-0.15, -0.1) is 0 Å². The molecular weight excluding hydrogens is 170 g/mol. The van der Waals surface area contributed by atoms with Crippen molar-refractivity contribution in [2.75, 3.05) is 13.1 Å². The number of aryl methyl sites for hydroxylation is 1. The van der Waals surface area contributed by atoms with Crippen molar-refractivity contribution in [3.63, 3.8) is 0 Å². The van der Waals surface area contributed by atoms with E-state index in [2.05, 4.69) is 50.4 Å². The third-order valence-corrected chi connectivity index (χ3v) is 2.65. The Hall–Kier alpha value is -0.820. The zero-order chi connectivity index (χ0) is 10.4. The lowest BCUT2D eigenvalue weighted by molar-refractivity contribution is 0.608. The van der Waals surface area contributed by atoms with Gasteiger partial charge in [0.1, 0.15) is 0 Å². The lowest BCUT2D eigenvalue weighted by atomic mass is 9.97. The largest absolute Gasteiger partial charge is 0.317 e. The summed E-state index contributed by atoms with van der Waals surface area (Å²) in [6.07, 6.45) is 1.22. The standard InChI is InChI=1S/C13H21N/c1-4-14-10-9-12(3)13-7-5-11(2)6-8-13/h5-8,12,14H,4,9-10H2,1-3H3. The van der Waals surface area contributed by atoms with Crippen molar-refractivity contribution in [2.24, 2.45) is 0 Å². The molecular formula is C13H21N. The maximum absolute atomic E-state index is 3.36. The molecule has 0 fully saturated rings. The second-order valence-electron chi connectivity index (χ2n) is 3.95. The van der Waals surface area contributed by atoms with E-state index in [0.717, 1.165) is 13.1 Å². The molecule has 0 radical (unpaired) electrons. The second-order valence-corrected chi connectivity index (χ2v) is 3.95. The molecule has 1 unspecified atom stereocenters. The van der Waals surface area contributed by atoms with Crippen LogP contribution in [0, 0.1) is 6.92 Å². The molecule has 0 amide bonds. The lowest BCUT2D eigenvalue weighted by Crippen LogP contribution is -2.15. The summed E-state index contributed by atoms with van der Waals surface area (Å²) in [6.45, 7) is 8.76. The molecule has 1 nitrogen and oxygen atoms in total. The van der Waals surface area contributed by atoms with E-state index in [1.54, 1.807) is 0 Å². The van der Waals surface area contributed by atoms with E-state index >= 15 is 0 Å². The Bertz CT molecular complexity index is 250. The van der Waals surface area contributed by atoms with E-state index < -0.39 is 0 Å². The maximum atomic E-state index is 3.36. The van der Waals surface area contributed by atoms with Crippen LogP contribution in [0.15, 0.2) is 24.3 Å². The average Bonchev–Trinajstić information content (AvgIpc) is 2.19. The highest BCUT2D eigenvalue weighted by molar-refractivity contribution is 5.23. The molecule has 1 heteroatoms. The van der Waals surface area contributed by atoms with Gasteiger partial charge in [0.15, 0.2) is 0 Å². The number of nitrogens with one attached hydrogen (secondary N) is 1. The minimum atomic E-state index is 0.662. The zero-order valence-electron chi connectivity index (χ0n) is 9.51. The Morgan fingerprint density at radius 3 is 2.43 bits per heavy atom. The summed E-state index contributed by atoms with van der Waals surface area (Å²) in [4.78, 5) is 0. The quantitative estimate of drug-likeness (QED) is 0.705. The van der Waals surface area contributed by atoms with E-state index in [0.29, 0.717) is 5.92 Å². The molecule has 0 saturated heterocycles. The summed E-state index contributed by atoms with van der Waals surface area (Å²) < 4.78 is 0. The first-order chi connectivity index (χ1) is 6.74. The van der Waals surface area contributed by atoms with Gasteiger partial charge in [0.25, 0.3) is 0 Å². The first-order valence-corrected chi connectivity index (χ1v) is 5.51. The molecule has 0 saturated carbocycles. The Morgan fingerprint density at radius 1 is 1.21 bits per heavy atom. The predicted molar refractivity (Wildman–Crippen MR) is 62.8 cm³/mol. The Kier molecular flexibility index (Phi) is 4.68. The van der Waals surface area contributed by atoms with Crippen LogP contribution in [-0.4, -0.2) is 13.1 Å². The van der Waals surface area contributed by atoms with E-state index in [9.17, 15) is 0 Å². The van der Waals surface area contributed by atoms with Gasteiger partial charge in [-0.3, -0.25) is 0 Å². The lowest BCUT2D eigenvalue weighted by Gasteiger charge is -2.12. The highest BCUT2D eigenvalue weighted by atomic mass is 14.8. The van der Waals surface area contributed by atoms with Crippen LogP contribution in [-0.2, 0) is 0 Å². The first-order valence-electron chi connectivity index (χ1n) is 5.51. The van der Waals surface area contributed by atoms with Crippen LogP contribution in [0.3, 0.4) is 0 Å². The van der Waals surface area contributed by atoms with Gasteiger partial charge in [0, 0.05) is 0 Å². The van der Waals surface area contributed by atoms with Crippen LogP contribution in [0.5, 0.6) is 0 Å². The molecule has 0 aliphatic carbocycles. The average molecular weight is 191 g/mol. The molecule has 1 aromatic rings. The first kappa shape index (κ1) is 11.3. The smallest absolute Gasteiger partial charge is 0.00433 e. The fraction of sp³-hybridized carbons (Fsp3) is 0.538. The highest BCUT2D eigenvalue weighted by Crippen LogP contribution is 2.18. The topological polar surface area (TPSA) is 12.0 Å². The Balaban J connectivity index is 2.43. The van der Waals surface area contributed by atoms with E-state index in [1.165, 1.54) is 17.5 Å². The fourth-order valence-electron chi connectivity index (χ4n) is 1.56. The van der Waals surface area contributed by atoms with Crippen LogP contribution >= 0.6 is 0 Å². The van der Waals surface area contributed by atoms with Gasteiger partial charge in [0.2, 0.25) is 0 Å². The van der Waals surface area contributed by atoms with Crippen LogP contribution in [0.1, 0.15) is 37.3 Å². The predicted octanol–water partition coefficient (Wildman–Crippen LogP) is 3.10. The molecule has 0 spiro atoms. The van der Waals surface area contributed by atoms with E-state index in [4.69, 9.17) is 0 Å². The van der Waals surface area contributed by atoms with Crippen molar-refractivity contribution < 1.29 is 0 Å². The molecule has 1 N–H and O–H groups in total. The molecule has 0 bridgehead atoms. The molecule has 0 aliphatic rings. The summed E-state index contributed by atoms with van der Waals surface area (Å²) >= 11 is 0. The highest BCUT2D eigenvalue weighted by Gasteiger charge is 2.03. The third-order valence-electron chi connectivity index (χ3n) is 2.65. The van der Waals surface area contributed by atoms with Gasteiger partial charge in [-0.1, -0.05) is 43.7 Å². The van der Waals surface area contributed by atoms with Gasteiger partial charge >= 0.3 is 0 Å². The maximum Gasteiger partial charge on any atom is -0.00433 e. The zero-order valence-corrected chi connectivity index (χ0v) is 9.51. The molecule has 14 heavy (non-hydrogen) atoms. The van der Waals surface area contributed by atoms with Gasteiger partial charge in [-0.25, -0.2) is 0 Å². The van der Waals surface area contributed by atoms with Crippen molar-refractivity contribution in [3.8, 4) is 0 Å². The normalized spacial score (nSPS) is 12.8. The number of benzene rings is 1. The van der Waals surface area contributed by atoms with Crippen molar-refractivity contribution in [2.45, 2.75) is 33.1 Å². The fourth-order valence-corrected chi connectivity index (χ4v) is 1.56. The third kappa shape index (κ3) is 3.51. The number of rotatable bonds is 5. The molecule has 1 atom stereocenters. The van der Waals surface area contributed by atoms with Crippen molar-refractivity contribution in [1.29, 1.82) is 0 Å². The summed E-state index contributed by atoms with van der Waals surface area (Å²) in [5, 5.41) is 3.36. The van der Waals surface area contributed by atoms with Crippen molar-refractivity contribution >= 4 is 0 Å². The van der Waals surface area contributed by atoms with Crippen molar-refractivity contribution in [1.82, 2.24) is 5.32 Å². The molecule has 1 aromatic carbocycles. The van der Waals surface area contributed by atoms with Crippen LogP contribution in [0.4, 0.5) is 0 Å². The summed E-state index contributed by atoms with van der Waals surface area (Å²) in [5.41, 5.74) is 2.79. The number of hydrogen-bond donors (Lipinski definition) is 1.